The van der Waals surface area contributed by atoms with Gasteiger partial charge in [0.15, 0.2) is 0 Å². The van der Waals surface area contributed by atoms with Crippen LogP contribution in [0.5, 0.6) is 0 Å². The van der Waals surface area contributed by atoms with Gasteiger partial charge in [-0.1, -0.05) is 36.4 Å². The lowest BCUT2D eigenvalue weighted by Gasteiger charge is -2.32. The zero-order valence-electron chi connectivity index (χ0n) is 14.1. The number of benzene rings is 2. The van der Waals surface area contributed by atoms with E-state index in [1.807, 2.05) is 36.0 Å². The molecule has 0 bridgehead atoms. The van der Waals surface area contributed by atoms with E-state index in [0.717, 1.165) is 28.3 Å². The SMILES string of the molecule is C=CCSCC1=CC(C)(C)Nc2ccc(-c3ccccc3F)cc21. The summed E-state index contributed by atoms with van der Waals surface area (Å²) in [6, 6.07) is 13.1. The molecule has 1 N–H and O–H groups in total. The van der Waals surface area contributed by atoms with Gasteiger partial charge >= 0.3 is 0 Å². The van der Waals surface area contributed by atoms with Gasteiger partial charge in [-0.2, -0.15) is 11.8 Å². The van der Waals surface area contributed by atoms with Crippen molar-refractivity contribution in [1.29, 1.82) is 0 Å². The van der Waals surface area contributed by atoms with E-state index in [9.17, 15) is 4.39 Å². The molecular weight excluding hydrogens is 317 g/mol. The maximum atomic E-state index is 14.1. The summed E-state index contributed by atoms with van der Waals surface area (Å²) in [5.74, 6) is 1.66. The molecule has 0 radical (unpaired) electrons. The number of halogens is 1. The average Bonchev–Trinajstić information content (AvgIpc) is 2.54. The monoisotopic (exact) mass is 339 g/mol. The lowest BCUT2D eigenvalue weighted by molar-refractivity contribution is 0.631. The summed E-state index contributed by atoms with van der Waals surface area (Å²) in [5.41, 5.74) is 5.02. The largest absolute Gasteiger partial charge is 0.376 e. The first-order valence-electron chi connectivity index (χ1n) is 8.08. The minimum absolute atomic E-state index is 0.0867. The summed E-state index contributed by atoms with van der Waals surface area (Å²) in [6.45, 7) is 8.12. The Bertz CT molecular complexity index is 792. The van der Waals surface area contributed by atoms with Crippen LogP contribution in [0.2, 0.25) is 0 Å². The standard InChI is InChI=1S/C21H22FNS/c1-4-11-24-14-16-13-21(2,3)23-20-10-9-15(12-18(16)20)17-7-5-6-8-19(17)22/h4-10,12-13,23H,1,11,14H2,2-3H3. The van der Waals surface area contributed by atoms with Crippen molar-refractivity contribution in [2.45, 2.75) is 19.4 Å². The molecule has 0 spiro atoms. The van der Waals surface area contributed by atoms with Crippen LogP contribution in [0.25, 0.3) is 16.7 Å². The Balaban J connectivity index is 2.02. The summed E-state index contributed by atoms with van der Waals surface area (Å²) >= 11 is 1.84. The molecule has 0 saturated carbocycles. The number of thioether (sulfide) groups is 1. The van der Waals surface area contributed by atoms with Crippen molar-refractivity contribution in [3.8, 4) is 11.1 Å². The summed E-state index contributed by atoms with van der Waals surface area (Å²) in [4.78, 5) is 0. The van der Waals surface area contributed by atoms with Crippen LogP contribution in [0, 0.1) is 5.82 Å². The molecule has 24 heavy (non-hydrogen) atoms. The van der Waals surface area contributed by atoms with Crippen molar-refractivity contribution in [1.82, 2.24) is 0 Å². The number of rotatable bonds is 5. The Kier molecular flexibility index (Phi) is 4.81. The second-order valence-corrected chi connectivity index (χ2v) is 7.59. The molecule has 0 unspecified atom stereocenters. The first-order valence-corrected chi connectivity index (χ1v) is 9.23. The van der Waals surface area contributed by atoms with E-state index < -0.39 is 0 Å². The quantitative estimate of drug-likeness (QED) is 0.529. The van der Waals surface area contributed by atoms with Gasteiger partial charge in [-0.15, -0.1) is 6.58 Å². The van der Waals surface area contributed by atoms with E-state index in [2.05, 4.69) is 44.0 Å². The first kappa shape index (κ1) is 16.8. The van der Waals surface area contributed by atoms with E-state index in [1.54, 1.807) is 6.07 Å². The highest BCUT2D eigenvalue weighted by Gasteiger charge is 2.24. The highest BCUT2D eigenvalue weighted by molar-refractivity contribution is 7.99. The van der Waals surface area contributed by atoms with Gasteiger partial charge in [0.2, 0.25) is 0 Å². The fraction of sp³-hybridized carbons (Fsp3) is 0.238. The van der Waals surface area contributed by atoms with Crippen LogP contribution in [0.1, 0.15) is 19.4 Å². The highest BCUT2D eigenvalue weighted by Crippen LogP contribution is 2.38. The molecule has 2 aromatic rings. The van der Waals surface area contributed by atoms with Crippen LogP contribution in [-0.4, -0.2) is 17.0 Å². The Morgan fingerprint density at radius 3 is 2.71 bits per heavy atom. The van der Waals surface area contributed by atoms with E-state index >= 15 is 0 Å². The van der Waals surface area contributed by atoms with E-state index in [0.29, 0.717) is 5.56 Å². The fourth-order valence-electron chi connectivity index (χ4n) is 3.05. The Morgan fingerprint density at radius 2 is 1.96 bits per heavy atom. The Labute approximate surface area is 147 Å². The minimum atomic E-state index is -0.187. The van der Waals surface area contributed by atoms with Gasteiger partial charge in [0.25, 0.3) is 0 Å². The second-order valence-electron chi connectivity index (χ2n) is 6.56. The molecule has 0 aromatic heterocycles. The molecule has 3 rings (SSSR count). The molecular formula is C21H22FNS. The van der Waals surface area contributed by atoms with Crippen molar-refractivity contribution >= 4 is 23.0 Å². The maximum Gasteiger partial charge on any atom is 0.131 e. The van der Waals surface area contributed by atoms with Crippen LogP contribution >= 0.6 is 11.8 Å². The van der Waals surface area contributed by atoms with Gasteiger partial charge in [-0.25, -0.2) is 4.39 Å². The van der Waals surface area contributed by atoms with E-state index in [-0.39, 0.29) is 11.4 Å². The Hall–Kier alpha value is -2.00. The summed E-state index contributed by atoms with van der Waals surface area (Å²) in [7, 11) is 0. The van der Waals surface area contributed by atoms with Crippen molar-refractivity contribution in [2.24, 2.45) is 0 Å². The van der Waals surface area contributed by atoms with Crippen LogP contribution in [0.15, 0.2) is 61.2 Å². The zero-order valence-corrected chi connectivity index (χ0v) is 14.9. The molecule has 1 aliphatic rings. The summed E-state index contributed by atoms with van der Waals surface area (Å²) < 4.78 is 14.1. The molecule has 124 valence electrons. The number of fused-ring (bicyclic) bond motifs is 1. The topological polar surface area (TPSA) is 12.0 Å². The third-order valence-electron chi connectivity index (χ3n) is 4.04. The molecule has 3 heteroatoms. The molecule has 1 heterocycles. The van der Waals surface area contributed by atoms with Gasteiger partial charge < -0.3 is 5.32 Å². The molecule has 1 aliphatic heterocycles. The normalized spacial score (nSPS) is 15.2. The van der Waals surface area contributed by atoms with E-state index in [4.69, 9.17) is 0 Å². The zero-order chi connectivity index (χ0) is 17.2. The van der Waals surface area contributed by atoms with Gasteiger partial charge in [0.05, 0.1) is 5.54 Å². The van der Waals surface area contributed by atoms with Gasteiger partial charge in [0.1, 0.15) is 5.82 Å². The molecule has 0 amide bonds. The number of hydrogen-bond donors (Lipinski definition) is 1. The fourth-order valence-corrected chi connectivity index (χ4v) is 3.79. The average molecular weight is 339 g/mol. The van der Waals surface area contributed by atoms with E-state index in [1.165, 1.54) is 11.6 Å². The minimum Gasteiger partial charge on any atom is -0.376 e. The first-order chi connectivity index (χ1) is 11.5. The van der Waals surface area contributed by atoms with Crippen LogP contribution in [-0.2, 0) is 0 Å². The van der Waals surface area contributed by atoms with Crippen LogP contribution in [0.3, 0.4) is 0 Å². The third kappa shape index (κ3) is 3.57. The molecule has 0 atom stereocenters. The van der Waals surface area contributed by atoms with Gasteiger partial charge in [-0.05, 0) is 43.2 Å². The van der Waals surface area contributed by atoms with Gasteiger partial charge in [0, 0.05) is 28.3 Å². The predicted molar refractivity (Wildman–Crippen MR) is 105 cm³/mol. The molecule has 2 aromatic carbocycles. The summed E-state index contributed by atoms with van der Waals surface area (Å²) in [5, 5.41) is 3.55. The Morgan fingerprint density at radius 1 is 1.17 bits per heavy atom. The summed E-state index contributed by atoms with van der Waals surface area (Å²) in [6.07, 6.45) is 4.20. The molecule has 0 fully saturated rings. The molecule has 0 aliphatic carbocycles. The number of anilines is 1. The van der Waals surface area contributed by atoms with Crippen molar-refractivity contribution in [3.63, 3.8) is 0 Å². The van der Waals surface area contributed by atoms with Crippen molar-refractivity contribution < 1.29 is 4.39 Å². The number of nitrogens with one attached hydrogen (secondary N) is 1. The maximum absolute atomic E-state index is 14.1. The lowest BCUT2D eigenvalue weighted by atomic mass is 9.89. The lowest BCUT2D eigenvalue weighted by Crippen LogP contribution is -2.32. The molecule has 1 nitrogen and oxygen atoms in total. The third-order valence-corrected chi connectivity index (χ3v) is 5.02. The predicted octanol–water partition coefficient (Wildman–Crippen LogP) is 6.00. The highest BCUT2D eigenvalue weighted by atomic mass is 32.2. The molecule has 0 saturated heterocycles. The van der Waals surface area contributed by atoms with Crippen molar-refractivity contribution in [3.05, 3.63) is 72.6 Å². The second kappa shape index (κ2) is 6.86. The number of hydrogen-bond acceptors (Lipinski definition) is 2. The van der Waals surface area contributed by atoms with Gasteiger partial charge in [-0.3, -0.25) is 0 Å². The van der Waals surface area contributed by atoms with Crippen molar-refractivity contribution in [2.75, 3.05) is 16.8 Å². The van der Waals surface area contributed by atoms with Crippen LogP contribution < -0.4 is 5.32 Å². The smallest absolute Gasteiger partial charge is 0.131 e. The van der Waals surface area contributed by atoms with Crippen LogP contribution in [0.4, 0.5) is 10.1 Å².